The minimum Gasteiger partial charge on any atom is -1.00 e. The van der Waals surface area contributed by atoms with Crippen LogP contribution in [0.1, 0.15) is 83.1 Å². The summed E-state index contributed by atoms with van der Waals surface area (Å²) < 4.78 is 0. The summed E-state index contributed by atoms with van der Waals surface area (Å²) in [5.74, 6) is 0. The first-order chi connectivity index (χ1) is 16.4. The summed E-state index contributed by atoms with van der Waals surface area (Å²) in [4.78, 5) is 0. The van der Waals surface area contributed by atoms with Crippen LogP contribution < -0.4 is 20.0 Å². The third-order valence-electron chi connectivity index (χ3n) is 6.41. The van der Waals surface area contributed by atoms with Crippen LogP contribution in [-0.2, 0) is 25.8 Å². The third-order valence-corrected chi connectivity index (χ3v) is 13.3. The molecule has 0 aliphatic heterocycles. The van der Waals surface area contributed by atoms with E-state index in [2.05, 4.69) is 156 Å². The minimum atomic E-state index is -0.185. The van der Waals surface area contributed by atoms with Crippen LogP contribution in [0, 0.1) is 0 Å². The second-order valence-corrected chi connectivity index (χ2v) is 21.8. The molecule has 0 fully saturated rings. The van der Waals surface area contributed by atoms with Crippen molar-refractivity contribution in [2.75, 3.05) is 0 Å². The van der Waals surface area contributed by atoms with Gasteiger partial charge in [-0.2, -0.15) is 12.1 Å². The smallest absolute Gasteiger partial charge is 1.00 e. The topological polar surface area (TPSA) is 0 Å². The van der Waals surface area contributed by atoms with Gasteiger partial charge in [-0.05, 0) is 20.6 Å². The van der Waals surface area contributed by atoms with Gasteiger partial charge in [0.25, 0.3) is 0 Å². The molecule has 0 N–H and O–H groups in total. The van der Waals surface area contributed by atoms with Crippen LogP contribution in [0.25, 0.3) is 21.5 Å². The van der Waals surface area contributed by atoms with Gasteiger partial charge in [-0.25, -0.2) is 0 Å². The zero-order chi connectivity index (χ0) is 27.1. The van der Waals surface area contributed by atoms with E-state index >= 15 is 0 Å². The van der Waals surface area contributed by atoms with E-state index in [4.69, 9.17) is 0 Å². The van der Waals surface area contributed by atoms with Crippen LogP contribution in [0.3, 0.4) is 0 Å². The molecule has 0 heterocycles. The molecule has 0 spiro atoms. The number of rotatable bonds is 2. The summed E-state index contributed by atoms with van der Waals surface area (Å²) in [6.45, 7) is 28.5. The summed E-state index contributed by atoms with van der Waals surface area (Å²) in [6.07, 6.45) is 0. The Morgan fingerprint density at radius 3 is 0.949 bits per heavy atom. The molecular formula is C34H48F2HfP2. The average molecular weight is 735 g/mol. The molecule has 39 heavy (non-hydrogen) atoms. The molecule has 4 rings (SSSR count). The molecule has 0 radical (unpaired) electrons. The van der Waals surface area contributed by atoms with Gasteiger partial charge in [0.05, 0.1) is 0 Å². The van der Waals surface area contributed by atoms with E-state index in [9.17, 15) is 0 Å². The third kappa shape index (κ3) is 9.65. The van der Waals surface area contributed by atoms with E-state index in [0.29, 0.717) is 20.6 Å². The van der Waals surface area contributed by atoms with E-state index in [-0.39, 0.29) is 51.1 Å². The Kier molecular flexibility index (Phi) is 13.7. The fourth-order valence-corrected chi connectivity index (χ4v) is 14.3. The van der Waals surface area contributed by atoms with Crippen LogP contribution >= 0.6 is 15.8 Å². The SMILES string of the molecule is CC(C)(C)P(c1cc2ccccc2[cH-]1)C(C)(C)C.CC(C)(C)P(c1cc2ccccc2[cH-]1)C(C)(C)C.[F-].[F-].[Hf+4]. The van der Waals surface area contributed by atoms with Gasteiger partial charge in [0.1, 0.15) is 0 Å². The fraction of sp³-hybridized carbons (Fsp3) is 0.471. The van der Waals surface area contributed by atoms with E-state index in [0.717, 1.165) is 0 Å². The van der Waals surface area contributed by atoms with Crippen LogP contribution in [0.15, 0.2) is 72.8 Å². The van der Waals surface area contributed by atoms with Crippen molar-refractivity contribution in [3.63, 3.8) is 0 Å². The standard InChI is InChI=1S/2C17H24P.2FH.Hf/c2*1-16(2,3)18(17(4,5)6)15-11-13-9-7-8-10-14(13)12-15;;;/h2*7-12H,1-6H3;2*1H;/q2*-1;;;+4/p-2. The van der Waals surface area contributed by atoms with Gasteiger partial charge < -0.3 is 9.41 Å². The molecule has 5 heteroatoms. The van der Waals surface area contributed by atoms with Gasteiger partial charge in [-0.15, -0.1) is 80.7 Å². The predicted octanol–water partition coefficient (Wildman–Crippen LogP) is 4.53. The maximum atomic E-state index is 2.40. The first kappa shape index (κ1) is 38.3. The summed E-state index contributed by atoms with van der Waals surface area (Å²) in [5.41, 5.74) is 0. The number of hydrogen-bond donors (Lipinski definition) is 0. The molecule has 0 bridgehead atoms. The van der Waals surface area contributed by atoms with Gasteiger partial charge in [0, 0.05) is 0 Å². The quantitative estimate of drug-likeness (QED) is 0.162. The molecule has 0 saturated carbocycles. The van der Waals surface area contributed by atoms with Crippen LogP contribution in [0.2, 0.25) is 0 Å². The van der Waals surface area contributed by atoms with Crippen molar-refractivity contribution in [1.29, 1.82) is 0 Å². The second-order valence-electron chi connectivity index (χ2n) is 14.0. The Hall–Kier alpha value is -0.750. The number of fused-ring (bicyclic) bond motifs is 2. The zero-order valence-corrected chi connectivity index (χ0v) is 31.5. The Labute approximate surface area is 258 Å². The molecule has 0 nitrogen and oxygen atoms in total. The molecule has 0 saturated heterocycles. The molecule has 0 aromatic heterocycles. The maximum Gasteiger partial charge on any atom is 4.00 e. The van der Waals surface area contributed by atoms with E-state index in [1.54, 1.807) is 10.6 Å². The molecule has 212 valence electrons. The molecule has 0 amide bonds. The maximum absolute atomic E-state index is 2.40. The van der Waals surface area contributed by atoms with Crippen molar-refractivity contribution in [3.8, 4) is 0 Å². The van der Waals surface area contributed by atoms with Crippen LogP contribution in [0.5, 0.6) is 0 Å². The van der Waals surface area contributed by atoms with Crippen molar-refractivity contribution in [3.05, 3.63) is 72.8 Å². The monoisotopic (exact) mass is 736 g/mol. The van der Waals surface area contributed by atoms with E-state index in [1.165, 1.54) is 21.5 Å². The molecular weight excluding hydrogens is 687 g/mol. The van der Waals surface area contributed by atoms with Crippen molar-refractivity contribution in [1.82, 2.24) is 0 Å². The Morgan fingerprint density at radius 2 is 0.718 bits per heavy atom. The van der Waals surface area contributed by atoms with E-state index < -0.39 is 0 Å². The first-order valence-corrected chi connectivity index (χ1v) is 16.0. The largest absolute Gasteiger partial charge is 4.00 e. The van der Waals surface area contributed by atoms with Crippen LogP contribution in [0.4, 0.5) is 0 Å². The molecule has 4 aromatic carbocycles. The Morgan fingerprint density at radius 1 is 0.462 bits per heavy atom. The fourth-order valence-electron chi connectivity index (χ4n) is 6.09. The van der Waals surface area contributed by atoms with Gasteiger partial charge in [0.2, 0.25) is 0 Å². The normalized spacial score (nSPS) is 12.5. The molecule has 0 aliphatic carbocycles. The van der Waals surface area contributed by atoms with Crippen molar-refractivity contribution >= 4 is 48.0 Å². The van der Waals surface area contributed by atoms with Crippen molar-refractivity contribution in [2.45, 2.75) is 104 Å². The van der Waals surface area contributed by atoms with Crippen molar-refractivity contribution < 1.29 is 35.3 Å². The number of hydrogen-bond acceptors (Lipinski definition) is 0. The number of halogens is 2. The van der Waals surface area contributed by atoms with Gasteiger partial charge in [0.15, 0.2) is 0 Å². The summed E-state index contributed by atoms with van der Waals surface area (Å²) in [5, 5.41) is 10.0. The number of benzene rings is 2. The summed E-state index contributed by atoms with van der Waals surface area (Å²) in [7, 11) is -0.369. The molecule has 0 unspecified atom stereocenters. The Balaban J connectivity index is 0.000000688. The van der Waals surface area contributed by atoms with Gasteiger partial charge in [-0.1, -0.05) is 111 Å². The zero-order valence-electron chi connectivity index (χ0n) is 26.1. The second kappa shape index (κ2) is 13.9. The van der Waals surface area contributed by atoms with Gasteiger partial charge in [-0.3, -0.25) is 0 Å². The van der Waals surface area contributed by atoms with Crippen LogP contribution in [-0.4, -0.2) is 20.6 Å². The van der Waals surface area contributed by atoms with Gasteiger partial charge >= 0.3 is 25.8 Å². The summed E-state index contributed by atoms with van der Waals surface area (Å²) in [6, 6.07) is 27.0. The first-order valence-electron chi connectivity index (χ1n) is 13.3. The average Bonchev–Trinajstić information content (AvgIpc) is 3.26. The summed E-state index contributed by atoms with van der Waals surface area (Å²) >= 11 is 0. The van der Waals surface area contributed by atoms with Crippen molar-refractivity contribution in [2.24, 2.45) is 0 Å². The predicted molar refractivity (Wildman–Crippen MR) is 171 cm³/mol. The molecule has 4 aromatic rings. The molecule has 0 atom stereocenters. The minimum absolute atomic E-state index is 0. The Bertz CT molecular complexity index is 1090. The molecule has 0 aliphatic rings. The van der Waals surface area contributed by atoms with E-state index in [1.807, 2.05) is 0 Å².